The monoisotopic (exact) mass is 475 g/mol. The summed E-state index contributed by atoms with van der Waals surface area (Å²) in [4.78, 5) is 8.28. The predicted molar refractivity (Wildman–Crippen MR) is 124 cm³/mol. The number of nitrogens with zero attached hydrogens (tertiary/aromatic N) is 5. The van der Waals surface area contributed by atoms with Crippen molar-refractivity contribution in [3.05, 3.63) is 77.3 Å². The van der Waals surface area contributed by atoms with Gasteiger partial charge in [-0.3, -0.25) is 4.90 Å². The number of para-hydroxylation sites is 1. The van der Waals surface area contributed by atoms with E-state index < -0.39 is 23.3 Å². The Labute approximate surface area is 197 Å². The number of halogens is 3. The van der Waals surface area contributed by atoms with Gasteiger partial charge in [0.15, 0.2) is 0 Å². The fourth-order valence-electron chi connectivity index (χ4n) is 4.74. The number of anilines is 1. The highest BCUT2D eigenvalue weighted by Gasteiger charge is 2.43. The maximum Gasteiger partial charge on any atom is 0.137 e. The zero-order valence-electron chi connectivity index (χ0n) is 18.7. The summed E-state index contributed by atoms with van der Waals surface area (Å²) in [6.45, 7) is 3.29. The Morgan fingerprint density at radius 2 is 1.94 bits per heavy atom. The summed E-state index contributed by atoms with van der Waals surface area (Å²) in [5.74, 6) is -1.46. The normalized spacial score (nSPS) is 18.1. The van der Waals surface area contributed by atoms with Crippen LogP contribution in [0.1, 0.15) is 25.3 Å². The first-order chi connectivity index (χ1) is 15.8. The van der Waals surface area contributed by atoms with E-state index in [9.17, 15) is 13.9 Å². The molecule has 1 saturated heterocycles. The predicted octanol–water partition coefficient (Wildman–Crippen LogP) is 4.09. The number of likely N-dealkylation sites (tertiary alicyclic amines) is 1. The molecule has 176 valence electrons. The SMILES string of the molecule is C[C@@H](N1CCC(N(C)c2ccccc2Cl)CC1)[C@](O)(Cn1cncn1)c1ccc(F)cc1F. The summed E-state index contributed by atoms with van der Waals surface area (Å²) in [6, 6.07) is 10.9. The van der Waals surface area contributed by atoms with Gasteiger partial charge in [0.2, 0.25) is 0 Å². The van der Waals surface area contributed by atoms with E-state index >= 15 is 0 Å². The van der Waals surface area contributed by atoms with Crippen molar-refractivity contribution in [1.29, 1.82) is 0 Å². The van der Waals surface area contributed by atoms with Crippen LogP contribution in [-0.4, -0.2) is 57.0 Å². The molecule has 9 heteroatoms. The fourth-order valence-corrected chi connectivity index (χ4v) is 5.01. The van der Waals surface area contributed by atoms with Crippen LogP contribution < -0.4 is 4.90 Å². The lowest BCUT2D eigenvalue weighted by atomic mass is 9.84. The minimum absolute atomic E-state index is 0.00380. The molecule has 0 radical (unpaired) electrons. The van der Waals surface area contributed by atoms with Gasteiger partial charge in [-0.1, -0.05) is 29.8 Å². The minimum Gasteiger partial charge on any atom is -0.381 e. The van der Waals surface area contributed by atoms with Crippen LogP contribution in [0.3, 0.4) is 0 Å². The van der Waals surface area contributed by atoms with Crippen LogP contribution in [0.15, 0.2) is 55.1 Å². The zero-order chi connectivity index (χ0) is 23.6. The summed E-state index contributed by atoms with van der Waals surface area (Å²) < 4.78 is 29.9. The van der Waals surface area contributed by atoms with E-state index in [1.165, 1.54) is 29.5 Å². The Hall–Kier alpha value is -2.55. The molecule has 0 bridgehead atoms. The van der Waals surface area contributed by atoms with Gasteiger partial charge < -0.3 is 10.0 Å². The summed E-state index contributed by atoms with van der Waals surface area (Å²) in [7, 11) is 2.04. The number of rotatable bonds is 7. The van der Waals surface area contributed by atoms with Crippen LogP contribution in [0, 0.1) is 11.6 Å². The molecule has 4 rings (SSSR count). The van der Waals surface area contributed by atoms with Gasteiger partial charge in [0, 0.05) is 43.9 Å². The number of aliphatic hydroxyl groups is 1. The number of benzene rings is 2. The zero-order valence-corrected chi connectivity index (χ0v) is 19.5. The molecule has 0 aliphatic carbocycles. The molecule has 2 atom stereocenters. The quantitative estimate of drug-likeness (QED) is 0.558. The van der Waals surface area contributed by atoms with Crippen molar-refractivity contribution in [3.63, 3.8) is 0 Å². The first-order valence-electron chi connectivity index (χ1n) is 11.0. The number of hydrogen-bond acceptors (Lipinski definition) is 5. The Bertz CT molecular complexity index is 1070. The molecule has 1 fully saturated rings. The Morgan fingerprint density at radius 1 is 1.21 bits per heavy atom. The molecule has 0 saturated carbocycles. The summed E-state index contributed by atoms with van der Waals surface area (Å²) in [5, 5.41) is 16.6. The van der Waals surface area contributed by atoms with Crippen molar-refractivity contribution in [2.75, 3.05) is 25.0 Å². The van der Waals surface area contributed by atoms with E-state index in [0.29, 0.717) is 24.2 Å². The second-order valence-electron chi connectivity index (χ2n) is 8.65. The van der Waals surface area contributed by atoms with Gasteiger partial charge in [-0.25, -0.2) is 18.4 Å². The molecule has 1 aliphatic rings. The lowest BCUT2D eigenvalue weighted by Crippen LogP contribution is -2.55. The third kappa shape index (κ3) is 4.88. The molecule has 6 nitrogen and oxygen atoms in total. The smallest absolute Gasteiger partial charge is 0.137 e. The van der Waals surface area contributed by atoms with Crippen LogP contribution in [-0.2, 0) is 12.1 Å². The summed E-state index contributed by atoms with van der Waals surface area (Å²) in [6.07, 6.45) is 4.56. The third-order valence-electron chi connectivity index (χ3n) is 6.79. The third-order valence-corrected chi connectivity index (χ3v) is 7.10. The molecule has 33 heavy (non-hydrogen) atoms. The summed E-state index contributed by atoms with van der Waals surface area (Å²) >= 11 is 6.38. The van der Waals surface area contributed by atoms with Crippen molar-refractivity contribution >= 4 is 17.3 Å². The number of hydrogen-bond donors (Lipinski definition) is 1. The first-order valence-corrected chi connectivity index (χ1v) is 11.4. The molecular formula is C24H28ClF2N5O. The minimum atomic E-state index is -1.63. The van der Waals surface area contributed by atoms with Crippen molar-refractivity contribution < 1.29 is 13.9 Å². The van der Waals surface area contributed by atoms with E-state index in [1.807, 2.05) is 38.2 Å². The highest BCUT2D eigenvalue weighted by atomic mass is 35.5. The van der Waals surface area contributed by atoms with Gasteiger partial charge in [-0.15, -0.1) is 0 Å². The lowest BCUT2D eigenvalue weighted by Gasteiger charge is -2.45. The molecule has 0 spiro atoms. The maximum absolute atomic E-state index is 14.8. The van der Waals surface area contributed by atoms with E-state index in [1.54, 1.807) is 0 Å². The molecule has 2 aromatic carbocycles. The average molecular weight is 476 g/mol. The van der Waals surface area contributed by atoms with Crippen molar-refractivity contribution in [2.24, 2.45) is 0 Å². The van der Waals surface area contributed by atoms with Crippen LogP contribution in [0.25, 0.3) is 0 Å². The highest BCUT2D eigenvalue weighted by molar-refractivity contribution is 6.33. The van der Waals surface area contributed by atoms with E-state index in [4.69, 9.17) is 11.6 Å². The number of piperidine rings is 1. The molecule has 1 aromatic heterocycles. The average Bonchev–Trinajstić information content (AvgIpc) is 3.31. The van der Waals surface area contributed by atoms with Crippen molar-refractivity contribution in [1.82, 2.24) is 19.7 Å². The van der Waals surface area contributed by atoms with Gasteiger partial charge in [-0.05, 0) is 38.0 Å². The topological polar surface area (TPSA) is 57.4 Å². The second-order valence-corrected chi connectivity index (χ2v) is 9.05. The molecule has 0 amide bonds. The largest absolute Gasteiger partial charge is 0.381 e. The van der Waals surface area contributed by atoms with E-state index in [-0.39, 0.29) is 12.1 Å². The molecule has 3 aromatic rings. The molecular weight excluding hydrogens is 448 g/mol. The van der Waals surface area contributed by atoms with Crippen LogP contribution in [0.2, 0.25) is 5.02 Å². The maximum atomic E-state index is 14.8. The highest BCUT2D eigenvalue weighted by Crippen LogP contribution is 2.35. The molecule has 1 N–H and O–H groups in total. The van der Waals surface area contributed by atoms with Crippen LogP contribution in [0.4, 0.5) is 14.5 Å². The van der Waals surface area contributed by atoms with E-state index in [2.05, 4.69) is 19.9 Å². The van der Waals surface area contributed by atoms with Crippen molar-refractivity contribution in [3.8, 4) is 0 Å². The lowest BCUT2D eigenvalue weighted by molar-refractivity contribution is -0.0690. The van der Waals surface area contributed by atoms with Crippen LogP contribution >= 0.6 is 11.6 Å². The standard InChI is InChI=1S/C24H28ClF2N5O/c1-17(31-11-9-19(10-12-31)30(2)23-6-4-3-5-21(23)25)24(33,14-32-16-28-15-29-32)20-8-7-18(26)13-22(20)27/h3-8,13,15-17,19,33H,9-12,14H2,1-2H3/t17-,24-/m1/s1. The van der Waals surface area contributed by atoms with Gasteiger partial charge in [0.25, 0.3) is 0 Å². The molecule has 1 aliphatic heterocycles. The summed E-state index contributed by atoms with van der Waals surface area (Å²) in [5.41, 5.74) is -0.601. The van der Waals surface area contributed by atoms with Crippen LogP contribution in [0.5, 0.6) is 0 Å². The van der Waals surface area contributed by atoms with Gasteiger partial charge in [0.1, 0.15) is 29.9 Å². The Balaban J connectivity index is 1.54. The van der Waals surface area contributed by atoms with Gasteiger partial charge in [-0.2, -0.15) is 5.10 Å². The fraction of sp³-hybridized carbons (Fsp3) is 0.417. The molecule has 0 unspecified atom stereocenters. The van der Waals surface area contributed by atoms with Crippen molar-refractivity contribution in [2.45, 2.75) is 44.0 Å². The Morgan fingerprint density at radius 3 is 2.58 bits per heavy atom. The Kier molecular flexibility index (Phi) is 6.97. The number of aromatic nitrogens is 3. The van der Waals surface area contributed by atoms with E-state index in [0.717, 1.165) is 24.6 Å². The van der Waals surface area contributed by atoms with Gasteiger partial charge >= 0.3 is 0 Å². The second kappa shape index (κ2) is 9.75. The molecule has 2 heterocycles. The first kappa shape index (κ1) is 23.6. The van der Waals surface area contributed by atoms with Gasteiger partial charge in [0.05, 0.1) is 17.3 Å².